The minimum atomic E-state index is -3.76. The summed E-state index contributed by atoms with van der Waals surface area (Å²) in [7, 11) is -3.76. The van der Waals surface area contributed by atoms with E-state index in [4.69, 9.17) is 11.6 Å². The normalized spacial score (nSPS) is 18.4. The molecule has 3 rings (SSSR count). The van der Waals surface area contributed by atoms with Crippen LogP contribution in [-0.4, -0.2) is 62.2 Å². The van der Waals surface area contributed by atoms with Crippen molar-refractivity contribution in [3.05, 3.63) is 28.8 Å². The van der Waals surface area contributed by atoms with Crippen LogP contribution in [0.25, 0.3) is 0 Å². The third-order valence-electron chi connectivity index (χ3n) is 5.46. The Balaban J connectivity index is 1.65. The number of nitrogens with one attached hydrogen (secondary N) is 1. The third kappa shape index (κ3) is 5.49. The van der Waals surface area contributed by atoms with Crippen molar-refractivity contribution in [2.75, 3.05) is 32.7 Å². The standard InChI is InChI=1S/C20H28ClN3O4S/c21-17-8-7-16(20(26)22-10-9-19(25)23-11-5-6-12-23)15-18(17)29(27,28)24-13-3-1-2-4-14-24/h7-8,15H,1-6,9-14H2,(H,22,26). The Morgan fingerprint density at radius 1 is 0.966 bits per heavy atom. The maximum atomic E-state index is 13.0. The van der Waals surface area contributed by atoms with Crippen molar-refractivity contribution in [2.24, 2.45) is 0 Å². The summed E-state index contributed by atoms with van der Waals surface area (Å²) in [6, 6.07) is 4.28. The number of carbonyl (C=O) groups is 2. The molecule has 0 unspecified atom stereocenters. The predicted molar refractivity (Wildman–Crippen MR) is 111 cm³/mol. The van der Waals surface area contributed by atoms with Crippen molar-refractivity contribution in [1.82, 2.24) is 14.5 Å². The van der Waals surface area contributed by atoms with Crippen molar-refractivity contribution >= 4 is 33.4 Å². The average Bonchev–Trinajstić information content (AvgIpc) is 3.10. The molecule has 160 valence electrons. The number of halogens is 1. The molecule has 1 aromatic rings. The summed E-state index contributed by atoms with van der Waals surface area (Å²) in [6.45, 7) is 2.70. The molecule has 2 aliphatic heterocycles. The molecule has 1 N–H and O–H groups in total. The van der Waals surface area contributed by atoms with E-state index in [9.17, 15) is 18.0 Å². The number of nitrogens with zero attached hydrogens (tertiary/aromatic N) is 2. The van der Waals surface area contributed by atoms with Gasteiger partial charge in [-0.1, -0.05) is 24.4 Å². The van der Waals surface area contributed by atoms with Crippen LogP contribution in [0.1, 0.15) is 55.3 Å². The van der Waals surface area contributed by atoms with Gasteiger partial charge in [0.25, 0.3) is 5.91 Å². The van der Waals surface area contributed by atoms with Crippen molar-refractivity contribution < 1.29 is 18.0 Å². The zero-order valence-corrected chi connectivity index (χ0v) is 18.1. The Bertz CT molecular complexity index is 845. The Labute approximate surface area is 177 Å². The zero-order valence-electron chi connectivity index (χ0n) is 16.5. The molecule has 2 aliphatic rings. The number of hydrogen-bond acceptors (Lipinski definition) is 4. The van der Waals surface area contributed by atoms with Gasteiger partial charge in [-0.2, -0.15) is 4.31 Å². The van der Waals surface area contributed by atoms with Crippen molar-refractivity contribution in [3.63, 3.8) is 0 Å². The molecule has 2 heterocycles. The first kappa shape index (κ1) is 22.1. The third-order valence-corrected chi connectivity index (χ3v) is 7.84. The monoisotopic (exact) mass is 441 g/mol. The minimum Gasteiger partial charge on any atom is -0.352 e. The number of carbonyl (C=O) groups excluding carboxylic acids is 2. The highest BCUT2D eigenvalue weighted by atomic mass is 35.5. The summed E-state index contributed by atoms with van der Waals surface area (Å²) in [5.41, 5.74) is 0.219. The van der Waals surface area contributed by atoms with Gasteiger partial charge in [-0.05, 0) is 43.9 Å². The molecule has 0 aliphatic carbocycles. The lowest BCUT2D eigenvalue weighted by molar-refractivity contribution is -0.129. The highest BCUT2D eigenvalue weighted by Crippen LogP contribution is 2.27. The lowest BCUT2D eigenvalue weighted by Crippen LogP contribution is -2.33. The van der Waals surface area contributed by atoms with Crippen LogP contribution in [0.2, 0.25) is 5.02 Å². The first-order valence-electron chi connectivity index (χ1n) is 10.3. The molecular weight excluding hydrogens is 414 g/mol. The van der Waals surface area contributed by atoms with Crippen molar-refractivity contribution in [2.45, 2.75) is 49.8 Å². The summed E-state index contributed by atoms with van der Waals surface area (Å²) in [5, 5.41) is 2.81. The smallest absolute Gasteiger partial charge is 0.251 e. The fourth-order valence-electron chi connectivity index (χ4n) is 3.77. The van der Waals surface area contributed by atoms with E-state index in [1.165, 1.54) is 22.5 Å². The molecule has 9 heteroatoms. The Hall–Kier alpha value is -1.64. The molecule has 2 saturated heterocycles. The largest absolute Gasteiger partial charge is 0.352 e. The highest BCUT2D eigenvalue weighted by Gasteiger charge is 2.28. The van der Waals surface area contributed by atoms with Gasteiger partial charge in [-0.3, -0.25) is 9.59 Å². The van der Waals surface area contributed by atoms with Gasteiger partial charge in [-0.15, -0.1) is 0 Å². The van der Waals surface area contributed by atoms with E-state index in [1.54, 1.807) is 4.90 Å². The molecule has 0 aromatic heterocycles. The topological polar surface area (TPSA) is 86.8 Å². The molecule has 1 aromatic carbocycles. The Morgan fingerprint density at radius 2 is 1.59 bits per heavy atom. The molecule has 29 heavy (non-hydrogen) atoms. The quantitative estimate of drug-likeness (QED) is 0.735. The molecule has 0 radical (unpaired) electrons. The number of rotatable bonds is 6. The van der Waals surface area contributed by atoms with Gasteiger partial charge in [0.1, 0.15) is 4.90 Å². The van der Waals surface area contributed by atoms with Crippen LogP contribution in [0.4, 0.5) is 0 Å². The second kappa shape index (κ2) is 9.91. The van der Waals surface area contributed by atoms with Crippen LogP contribution in [-0.2, 0) is 14.8 Å². The summed E-state index contributed by atoms with van der Waals surface area (Å²) < 4.78 is 27.5. The lowest BCUT2D eigenvalue weighted by atomic mass is 10.2. The van der Waals surface area contributed by atoms with Crippen LogP contribution in [0, 0.1) is 0 Å². The molecule has 2 amide bonds. The second-order valence-corrected chi connectivity index (χ2v) is 9.87. The SMILES string of the molecule is O=C(NCCC(=O)N1CCCC1)c1ccc(Cl)c(S(=O)(=O)N2CCCCCC2)c1. The van der Waals surface area contributed by atoms with E-state index >= 15 is 0 Å². The number of sulfonamides is 1. The fraction of sp³-hybridized carbons (Fsp3) is 0.600. The van der Waals surface area contributed by atoms with Gasteiger partial charge in [0.15, 0.2) is 0 Å². The lowest BCUT2D eigenvalue weighted by Gasteiger charge is -2.21. The first-order chi connectivity index (χ1) is 13.9. The zero-order chi connectivity index (χ0) is 20.9. The molecule has 7 nitrogen and oxygen atoms in total. The summed E-state index contributed by atoms with van der Waals surface area (Å²) in [4.78, 5) is 26.3. The molecule has 0 bridgehead atoms. The van der Waals surface area contributed by atoms with Gasteiger partial charge in [0, 0.05) is 44.7 Å². The number of amides is 2. The van der Waals surface area contributed by atoms with Gasteiger partial charge in [-0.25, -0.2) is 8.42 Å². The summed E-state index contributed by atoms with van der Waals surface area (Å²) in [5.74, 6) is -0.383. The van der Waals surface area contributed by atoms with Crippen molar-refractivity contribution in [1.29, 1.82) is 0 Å². The summed E-state index contributed by atoms with van der Waals surface area (Å²) >= 11 is 6.18. The fourth-order valence-corrected chi connectivity index (χ4v) is 5.79. The van der Waals surface area contributed by atoms with Gasteiger partial charge in [0.2, 0.25) is 15.9 Å². The van der Waals surface area contributed by atoms with E-state index in [1.807, 2.05) is 0 Å². The van der Waals surface area contributed by atoms with Crippen LogP contribution < -0.4 is 5.32 Å². The molecule has 0 saturated carbocycles. The molecule has 2 fully saturated rings. The predicted octanol–water partition coefficient (Wildman–Crippen LogP) is 2.65. The van der Waals surface area contributed by atoms with Crippen LogP contribution in [0.15, 0.2) is 23.1 Å². The number of hydrogen-bond donors (Lipinski definition) is 1. The maximum absolute atomic E-state index is 13.0. The molecule has 0 atom stereocenters. The van der Waals surface area contributed by atoms with E-state index in [-0.39, 0.29) is 34.4 Å². The Kier molecular flexibility index (Phi) is 7.54. The van der Waals surface area contributed by atoms with E-state index in [0.717, 1.165) is 51.6 Å². The molecule has 0 spiro atoms. The van der Waals surface area contributed by atoms with E-state index in [0.29, 0.717) is 13.1 Å². The van der Waals surface area contributed by atoms with E-state index in [2.05, 4.69) is 5.32 Å². The molecular formula is C20H28ClN3O4S. The van der Waals surface area contributed by atoms with Crippen LogP contribution in [0.3, 0.4) is 0 Å². The van der Waals surface area contributed by atoms with Gasteiger partial charge >= 0.3 is 0 Å². The highest BCUT2D eigenvalue weighted by molar-refractivity contribution is 7.89. The van der Waals surface area contributed by atoms with Crippen molar-refractivity contribution in [3.8, 4) is 0 Å². The number of likely N-dealkylation sites (tertiary alicyclic amines) is 1. The second-order valence-electron chi connectivity index (χ2n) is 7.56. The van der Waals surface area contributed by atoms with Crippen LogP contribution in [0.5, 0.6) is 0 Å². The Morgan fingerprint density at radius 3 is 2.24 bits per heavy atom. The average molecular weight is 442 g/mol. The van der Waals surface area contributed by atoms with Gasteiger partial charge < -0.3 is 10.2 Å². The van der Waals surface area contributed by atoms with E-state index < -0.39 is 15.9 Å². The maximum Gasteiger partial charge on any atom is 0.251 e. The minimum absolute atomic E-state index is 0.0309. The summed E-state index contributed by atoms with van der Waals surface area (Å²) in [6.07, 6.45) is 5.95. The first-order valence-corrected chi connectivity index (χ1v) is 12.1. The van der Waals surface area contributed by atoms with Gasteiger partial charge in [0.05, 0.1) is 5.02 Å². The van der Waals surface area contributed by atoms with Crippen LogP contribution >= 0.6 is 11.6 Å². The number of benzene rings is 1.